The van der Waals surface area contributed by atoms with Crippen LogP contribution >= 0.6 is 15.9 Å². The van der Waals surface area contributed by atoms with Gasteiger partial charge < -0.3 is 15.1 Å². The van der Waals surface area contributed by atoms with Crippen molar-refractivity contribution in [1.82, 2.24) is 4.90 Å². The summed E-state index contributed by atoms with van der Waals surface area (Å²) >= 11 is 3.39. The first-order valence-electron chi connectivity index (χ1n) is 6.35. The number of carboxylic acids is 1. The van der Waals surface area contributed by atoms with Crippen molar-refractivity contribution < 1.29 is 19.8 Å². The Labute approximate surface area is 125 Å². The zero-order valence-electron chi connectivity index (χ0n) is 11.1. The van der Waals surface area contributed by atoms with E-state index in [1.54, 1.807) is 17.0 Å². The van der Waals surface area contributed by atoms with Crippen LogP contribution in [-0.4, -0.2) is 45.7 Å². The van der Waals surface area contributed by atoms with Crippen molar-refractivity contribution in [3.05, 3.63) is 33.8 Å². The van der Waals surface area contributed by atoms with Crippen LogP contribution in [0.3, 0.4) is 0 Å². The van der Waals surface area contributed by atoms with Gasteiger partial charge in [0.1, 0.15) is 0 Å². The number of aliphatic hydroxyl groups is 1. The number of rotatable bonds is 2. The normalized spacial score (nSPS) is 17.9. The van der Waals surface area contributed by atoms with E-state index in [1.807, 2.05) is 13.0 Å². The minimum Gasteiger partial charge on any atom is -0.479 e. The van der Waals surface area contributed by atoms with Crippen molar-refractivity contribution in [1.29, 1.82) is 0 Å². The van der Waals surface area contributed by atoms with Crippen molar-refractivity contribution in [3.63, 3.8) is 0 Å². The van der Waals surface area contributed by atoms with Crippen LogP contribution < -0.4 is 0 Å². The lowest BCUT2D eigenvalue weighted by atomic mass is 9.91. The van der Waals surface area contributed by atoms with Crippen molar-refractivity contribution in [3.8, 4) is 0 Å². The first-order chi connectivity index (χ1) is 9.33. The smallest absolute Gasteiger partial charge is 0.335 e. The number of likely N-dealkylation sites (tertiary alicyclic amines) is 1. The molecule has 1 amide bonds. The summed E-state index contributed by atoms with van der Waals surface area (Å²) < 4.78 is 0.863. The number of carboxylic acid groups (broad SMARTS) is 1. The molecule has 0 aliphatic carbocycles. The Morgan fingerprint density at radius 2 is 1.90 bits per heavy atom. The van der Waals surface area contributed by atoms with Gasteiger partial charge in [-0.05, 0) is 24.6 Å². The summed E-state index contributed by atoms with van der Waals surface area (Å²) in [4.78, 5) is 24.8. The molecule has 0 spiro atoms. The summed E-state index contributed by atoms with van der Waals surface area (Å²) in [5, 5.41) is 18.8. The molecule has 1 aromatic rings. The number of hydrogen-bond donors (Lipinski definition) is 2. The Morgan fingerprint density at radius 1 is 1.30 bits per heavy atom. The summed E-state index contributed by atoms with van der Waals surface area (Å²) in [7, 11) is 0. The van der Waals surface area contributed by atoms with Crippen LogP contribution in [0.2, 0.25) is 0 Å². The molecule has 0 saturated carbocycles. The third kappa shape index (κ3) is 2.86. The molecule has 0 unspecified atom stereocenters. The van der Waals surface area contributed by atoms with Gasteiger partial charge in [-0.2, -0.15) is 0 Å². The zero-order chi connectivity index (χ0) is 14.9. The summed E-state index contributed by atoms with van der Waals surface area (Å²) in [6.45, 7) is 2.42. The number of benzene rings is 1. The number of aliphatic carboxylic acids is 1. The van der Waals surface area contributed by atoms with E-state index in [9.17, 15) is 14.7 Å². The van der Waals surface area contributed by atoms with E-state index in [0.717, 1.165) is 10.0 Å². The lowest BCUT2D eigenvalue weighted by molar-refractivity contribution is -0.162. The molecule has 0 bridgehead atoms. The predicted octanol–water partition coefficient (Wildman–Crippen LogP) is 1.81. The van der Waals surface area contributed by atoms with E-state index in [4.69, 9.17) is 5.11 Å². The van der Waals surface area contributed by atoms with Crippen LogP contribution in [0.1, 0.15) is 28.8 Å². The van der Waals surface area contributed by atoms with Crippen LogP contribution in [0.4, 0.5) is 0 Å². The summed E-state index contributed by atoms with van der Waals surface area (Å²) in [6, 6.07) is 5.37. The maximum atomic E-state index is 12.3. The molecule has 1 heterocycles. The SMILES string of the molecule is Cc1ccc(C(=O)N2CCC(O)(C(=O)O)CC2)cc1Br. The molecule has 0 aromatic heterocycles. The van der Waals surface area contributed by atoms with E-state index in [0.29, 0.717) is 5.56 Å². The standard InChI is InChI=1S/C14H16BrNO4/c1-9-2-3-10(8-11(9)15)12(17)16-6-4-14(20,5-7-16)13(18)19/h2-3,8,20H,4-7H2,1H3,(H,18,19). The van der Waals surface area contributed by atoms with Crippen LogP contribution in [0.5, 0.6) is 0 Å². The number of amides is 1. The third-order valence-corrected chi connectivity index (χ3v) is 4.55. The quantitative estimate of drug-likeness (QED) is 0.859. The molecule has 5 nitrogen and oxygen atoms in total. The highest BCUT2D eigenvalue weighted by molar-refractivity contribution is 9.10. The molecule has 1 fully saturated rings. The average Bonchev–Trinajstić information content (AvgIpc) is 2.42. The van der Waals surface area contributed by atoms with Gasteiger partial charge >= 0.3 is 5.97 Å². The topological polar surface area (TPSA) is 77.8 Å². The molecule has 1 aliphatic heterocycles. The second-order valence-electron chi connectivity index (χ2n) is 5.09. The summed E-state index contributed by atoms with van der Waals surface area (Å²) in [6.07, 6.45) is 0.113. The second-order valence-corrected chi connectivity index (χ2v) is 5.95. The number of hydrogen-bond acceptors (Lipinski definition) is 3. The van der Waals surface area contributed by atoms with Crippen molar-refractivity contribution >= 4 is 27.8 Å². The number of carbonyl (C=O) groups excluding carboxylic acids is 1. The molecule has 0 atom stereocenters. The van der Waals surface area contributed by atoms with Gasteiger partial charge in [0, 0.05) is 36.0 Å². The van der Waals surface area contributed by atoms with Crippen molar-refractivity contribution in [2.45, 2.75) is 25.4 Å². The zero-order valence-corrected chi connectivity index (χ0v) is 12.7. The maximum Gasteiger partial charge on any atom is 0.335 e. The molecule has 1 saturated heterocycles. The van der Waals surface area contributed by atoms with Crippen LogP contribution in [0, 0.1) is 6.92 Å². The van der Waals surface area contributed by atoms with E-state index >= 15 is 0 Å². The summed E-state index contributed by atoms with van der Waals surface area (Å²) in [5.41, 5.74) is -0.103. The number of nitrogens with zero attached hydrogens (tertiary/aromatic N) is 1. The molecular weight excluding hydrogens is 326 g/mol. The molecule has 1 aliphatic rings. The lowest BCUT2D eigenvalue weighted by Gasteiger charge is -2.35. The molecule has 2 rings (SSSR count). The highest BCUT2D eigenvalue weighted by atomic mass is 79.9. The van der Waals surface area contributed by atoms with Gasteiger partial charge in [-0.3, -0.25) is 4.79 Å². The van der Waals surface area contributed by atoms with E-state index < -0.39 is 11.6 Å². The Morgan fingerprint density at radius 3 is 2.40 bits per heavy atom. The van der Waals surface area contributed by atoms with Crippen LogP contribution in [0.25, 0.3) is 0 Å². The molecular formula is C14H16BrNO4. The number of aryl methyl sites for hydroxylation is 1. The van der Waals surface area contributed by atoms with Gasteiger partial charge in [0.15, 0.2) is 5.60 Å². The second kappa shape index (κ2) is 5.54. The third-order valence-electron chi connectivity index (χ3n) is 3.69. The molecule has 2 N–H and O–H groups in total. The Kier molecular flexibility index (Phi) is 4.15. The maximum absolute atomic E-state index is 12.3. The monoisotopic (exact) mass is 341 g/mol. The number of halogens is 1. The largest absolute Gasteiger partial charge is 0.479 e. The van der Waals surface area contributed by atoms with Gasteiger partial charge in [-0.15, -0.1) is 0 Å². The minimum atomic E-state index is -1.70. The fourth-order valence-corrected chi connectivity index (χ4v) is 2.58. The van der Waals surface area contributed by atoms with Gasteiger partial charge in [0.2, 0.25) is 0 Å². The molecule has 6 heteroatoms. The highest BCUT2D eigenvalue weighted by Gasteiger charge is 2.40. The number of carbonyl (C=O) groups is 2. The Balaban J connectivity index is 2.08. The number of piperidine rings is 1. The fourth-order valence-electron chi connectivity index (χ4n) is 2.20. The lowest BCUT2D eigenvalue weighted by Crippen LogP contribution is -2.50. The van der Waals surface area contributed by atoms with Gasteiger partial charge in [0.25, 0.3) is 5.91 Å². The Bertz CT molecular complexity index is 550. The van der Waals surface area contributed by atoms with E-state index in [2.05, 4.69) is 15.9 Å². The first kappa shape index (κ1) is 15.0. The van der Waals surface area contributed by atoms with E-state index in [-0.39, 0.29) is 31.8 Å². The van der Waals surface area contributed by atoms with Crippen LogP contribution in [0.15, 0.2) is 22.7 Å². The van der Waals surface area contributed by atoms with Crippen molar-refractivity contribution in [2.24, 2.45) is 0 Å². The molecule has 20 heavy (non-hydrogen) atoms. The predicted molar refractivity (Wildman–Crippen MR) is 76.6 cm³/mol. The molecule has 0 radical (unpaired) electrons. The minimum absolute atomic E-state index is 0.0567. The molecule has 108 valence electrons. The Hall–Kier alpha value is -1.40. The van der Waals surface area contributed by atoms with Crippen molar-refractivity contribution in [2.75, 3.05) is 13.1 Å². The van der Waals surface area contributed by atoms with Gasteiger partial charge in [-0.1, -0.05) is 22.0 Å². The van der Waals surface area contributed by atoms with Gasteiger partial charge in [-0.25, -0.2) is 4.79 Å². The highest BCUT2D eigenvalue weighted by Crippen LogP contribution is 2.25. The van der Waals surface area contributed by atoms with Gasteiger partial charge in [0.05, 0.1) is 0 Å². The van der Waals surface area contributed by atoms with E-state index in [1.165, 1.54) is 0 Å². The molecule has 1 aromatic carbocycles. The van der Waals surface area contributed by atoms with Crippen LogP contribution in [-0.2, 0) is 4.79 Å². The summed E-state index contributed by atoms with van der Waals surface area (Å²) in [5.74, 6) is -1.36. The average molecular weight is 342 g/mol. The first-order valence-corrected chi connectivity index (χ1v) is 7.14. The fraction of sp³-hybridized carbons (Fsp3) is 0.429.